The Morgan fingerprint density at radius 2 is 2.19 bits per heavy atom. The van der Waals surface area contributed by atoms with E-state index in [4.69, 9.17) is 20.4 Å². The van der Waals surface area contributed by atoms with Gasteiger partial charge in [-0.1, -0.05) is 6.42 Å². The summed E-state index contributed by atoms with van der Waals surface area (Å²) < 4.78 is 5.16. The molecule has 0 aliphatic rings. The zero-order valence-corrected chi connectivity index (χ0v) is 9.30. The number of rotatable bonds is 8. The molecule has 0 bridgehead atoms. The Morgan fingerprint density at radius 3 is 2.81 bits per heavy atom. The Morgan fingerprint density at radius 1 is 1.38 bits per heavy atom. The minimum absolute atomic E-state index is 0.537. The summed E-state index contributed by atoms with van der Waals surface area (Å²) in [6.45, 7) is 1.59. The molecule has 0 aliphatic heterocycles. The van der Waals surface area contributed by atoms with Crippen LogP contribution in [0, 0.1) is 0 Å². The molecule has 5 N–H and O–H groups in total. The molecule has 5 nitrogen and oxygen atoms in total. The molecule has 0 saturated heterocycles. The van der Waals surface area contributed by atoms with Gasteiger partial charge in [-0.3, -0.25) is 0 Å². The molecule has 0 aliphatic carbocycles. The van der Waals surface area contributed by atoms with E-state index < -0.39 is 12.3 Å². The highest BCUT2D eigenvalue weighted by Gasteiger charge is 2.09. The van der Waals surface area contributed by atoms with Gasteiger partial charge in [-0.05, 0) is 31.5 Å². The van der Waals surface area contributed by atoms with E-state index in [-0.39, 0.29) is 0 Å². The number of aliphatic hydroxyl groups excluding tert-OH is 1. The summed E-state index contributed by atoms with van der Waals surface area (Å²) >= 11 is 0. The van der Waals surface area contributed by atoms with E-state index in [1.807, 2.05) is 12.1 Å². The lowest BCUT2D eigenvalue weighted by Gasteiger charge is -2.12. The van der Waals surface area contributed by atoms with Crippen LogP contribution < -0.4 is 11.1 Å². The van der Waals surface area contributed by atoms with Gasteiger partial charge in [-0.25, -0.2) is 0 Å². The summed E-state index contributed by atoms with van der Waals surface area (Å²) in [5.74, 6) is 0.919. The maximum Gasteiger partial charge on any atom is 0.166 e. The van der Waals surface area contributed by atoms with Crippen LogP contribution in [-0.2, 0) is 6.54 Å². The lowest BCUT2D eigenvalue weighted by atomic mass is 10.1. The van der Waals surface area contributed by atoms with Gasteiger partial charge in [-0.2, -0.15) is 0 Å². The second kappa shape index (κ2) is 7.40. The summed E-state index contributed by atoms with van der Waals surface area (Å²) in [6, 6.07) is 3.24. The van der Waals surface area contributed by atoms with Crippen LogP contribution in [-0.4, -0.2) is 29.1 Å². The van der Waals surface area contributed by atoms with Gasteiger partial charge in [0, 0.05) is 0 Å². The third kappa shape index (κ3) is 5.27. The number of hydrogen-bond donors (Lipinski definition) is 4. The van der Waals surface area contributed by atoms with Crippen molar-refractivity contribution in [3.63, 3.8) is 0 Å². The molecule has 0 saturated carbocycles. The fraction of sp³-hybridized carbons (Fsp3) is 0.636. The van der Waals surface area contributed by atoms with Crippen LogP contribution in [0.5, 0.6) is 0 Å². The van der Waals surface area contributed by atoms with Crippen molar-refractivity contribution in [3.05, 3.63) is 24.2 Å². The second-order valence-corrected chi connectivity index (χ2v) is 3.83. The van der Waals surface area contributed by atoms with Gasteiger partial charge in [0.15, 0.2) is 6.29 Å². The quantitative estimate of drug-likeness (QED) is 0.376. The summed E-state index contributed by atoms with van der Waals surface area (Å²) in [7, 11) is 0. The first kappa shape index (κ1) is 13.2. The summed E-state index contributed by atoms with van der Waals surface area (Å²) in [6.07, 6.45) is 2.71. The molecule has 1 unspecified atom stereocenters. The Labute approximate surface area is 95.3 Å². The van der Waals surface area contributed by atoms with E-state index in [9.17, 15) is 0 Å². The van der Waals surface area contributed by atoms with Gasteiger partial charge < -0.3 is 25.7 Å². The molecule has 16 heavy (non-hydrogen) atoms. The fourth-order valence-electron chi connectivity index (χ4n) is 1.40. The number of unbranched alkanes of at least 4 members (excludes halogenated alkanes) is 1. The Hall–Kier alpha value is -0.880. The predicted molar refractivity (Wildman–Crippen MR) is 60.5 cm³/mol. The molecule has 92 valence electrons. The molecule has 1 aromatic heterocycles. The molecule has 0 fully saturated rings. The number of hydrogen-bond acceptors (Lipinski definition) is 5. The molecule has 0 spiro atoms. The van der Waals surface area contributed by atoms with Crippen LogP contribution in [0.15, 0.2) is 22.8 Å². The van der Waals surface area contributed by atoms with Crippen molar-refractivity contribution in [1.29, 1.82) is 0 Å². The average molecular weight is 228 g/mol. The highest BCUT2D eigenvalue weighted by atomic mass is 16.5. The fourth-order valence-corrected chi connectivity index (χ4v) is 1.40. The number of furan rings is 1. The molecule has 1 rings (SSSR count). The van der Waals surface area contributed by atoms with Crippen molar-refractivity contribution in [1.82, 2.24) is 5.32 Å². The van der Waals surface area contributed by atoms with Crippen molar-refractivity contribution in [2.45, 2.75) is 38.1 Å². The molecule has 0 aromatic carbocycles. The van der Waals surface area contributed by atoms with Gasteiger partial charge >= 0.3 is 0 Å². The molecule has 1 aromatic rings. The van der Waals surface area contributed by atoms with Crippen LogP contribution in [0.2, 0.25) is 0 Å². The molecule has 1 heterocycles. The van der Waals surface area contributed by atoms with Crippen LogP contribution in [0.3, 0.4) is 0 Å². The van der Waals surface area contributed by atoms with Crippen molar-refractivity contribution in [2.24, 2.45) is 5.73 Å². The summed E-state index contributed by atoms with van der Waals surface area (Å²) in [5, 5.41) is 20.7. The molecular formula is C11H20N2O3. The van der Waals surface area contributed by atoms with Gasteiger partial charge in [0.1, 0.15) is 5.76 Å². The first-order valence-corrected chi connectivity index (χ1v) is 5.55. The highest BCUT2D eigenvalue weighted by molar-refractivity contribution is 4.97. The van der Waals surface area contributed by atoms with Gasteiger partial charge in [-0.15, -0.1) is 0 Å². The predicted octanol–water partition coefficient (Wildman–Crippen LogP) is 0.177. The van der Waals surface area contributed by atoms with Crippen molar-refractivity contribution >= 4 is 0 Å². The van der Waals surface area contributed by atoms with Crippen LogP contribution in [0.1, 0.15) is 25.0 Å². The monoisotopic (exact) mass is 228 g/mol. The summed E-state index contributed by atoms with van der Waals surface area (Å²) in [5.41, 5.74) is 5.47. The van der Waals surface area contributed by atoms with Crippen LogP contribution >= 0.6 is 0 Å². The lowest BCUT2D eigenvalue weighted by Crippen LogP contribution is -2.34. The Balaban J connectivity index is 1.92. The molecule has 0 amide bonds. The average Bonchev–Trinajstić information content (AvgIpc) is 2.75. The minimum Gasteiger partial charge on any atom is -0.468 e. The van der Waals surface area contributed by atoms with Gasteiger partial charge in [0.2, 0.25) is 0 Å². The normalized spacial score (nSPS) is 13.2. The largest absolute Gasteiger partial charge is 0.468 e. The molecule has 1 atom stereocenters. The molecule has 5 heteroatoms. The van der Waals surface area contributed by atoms with Crippen LogP contribution in [0.4, 0.5) is 0 Å². The number of aliphatic hydroxyl groups is 2. The number of nitrogens with two attached hydrogens (primary N) is 1. The zero-order chi connectivity index (χ0) is 11.8. The van der Waals surface area contributed by atoms with Crippen molar-refractivity contribution < 1.29 is 14.6 Å². The van der Waals surface area contributed by atoms with E-state index in [0.717, 1.165) is 31.7 Å². The van der Waals surface area contributed by atoms with Crippen molar-refractivity contribution in [2.75, 3.05) is 6.54 Å². The van der Waals surface area contributed by atoms with E-state index >= 15 is 0 Å². The smallest absolute Gasteiger partial charge is 0.166 e. The van der Waals surface area contributed by atoms with Gasteiger partial charge in [0.25, 0.3) is 0 Å². The second-order valence-electron chi connectivity index (χ2n) is 3.83. The maximum absolute atomic E-state index is 8.75. The Kier molecular flexibility index (Phi) is 6.10. The first-order chi connectivity index (χ1) is 7.70. The molecule has 0 radical (unpaired) electrons. The Bertz CT molecular complexity index is 262. The van der Waals surface area contributed by atoms with E-state index in [1.165, 1.54) is 0 Å². The first-order valence-electron chi connectivity index (χ1n) is 5.55. The van der Waals surface area contributed by atoms with Crippen molar-refractivity contribution in [3.8, 4) is 0 Å². The standard InChI is InChI=1S/C11H20N2O3/c12-10(11(14)15)5-1-2-6-13-8-9-4-3-7-16-9/h3-4,7,10-11,13-15H,1-2,5-6,8,12H2. The van der Waals surface area contributed by atoms with E-state index in [2.05, 4.69) is 5.32 Å². The van der Waals surface area contributed by atoms with E-state index in [1.54, 1.807) is 6.26 Å². The lowest BCUT2D eigenvalue weighted by molar-refractivity contribution is -0.0599. The highest BCUT2D eigenvalue weighted by Crippen LogP contribution is 2.02. The minimum atomic E-state index is -1.41. The third-order valence-electron chi connectivity index (χ3n) is 2.40. The topological polar surface area (TPSA) is 91.7 Å². The zero-order valence-electron chi connectivity index (χ0n) is 9.30. The van der Waals surface area contributed by atoms with Gasteiger partial charge in [0.05, 0.1) is 18.8 Å². The summed E-state index contributed by atoms with van der Waals surface area (Å²) in [4.78, 5) is 0. The SMILES string of the molecule is NC(CCCCNCc1ccco1)C(O)O. The van der Waals surface area contributed by atoms with Crippen LogP contribution in [0.25, 0.3) is 0 Å². The third-order valence-corrected chi connectivity index (χ3v) is 2.40. The maximum atomic E-state index is 8.75. The number of nitrogens with one attached hydrogen (secondary N) is 1. The van der Waals surface area contributed by atoms with E-state index in [0.29, 0.717) is 6.42 Å². The molecular weight excluding hydrogens is 208 g/mol.